The third-order valence-electron chi connectivity index (χ3n) is 2.60. The average molecular weight is 284 g/mol. The molecule has 1 atom stereocenters. The van der Waals surface area contributed by atoms with E-state index >= 15 is 0 Å². The molecule has 1 rings (SSSR count). The van der Waals surface area contributed by atoms with E-state index in [1.165, 1.54) is 0 Å². The van der Waals surface area contributed by atoms with Crippen LogP contribution in [0.25, 0.3) is 0 Å². The molecular formula is C13H18BrNO. The van der Waals surface area contributed by atoms with Gasteiger partial charge in [0.15, 0.2) is 0 Å². The van der Waals surface area contributed by atoms with Crippen LogP contribution in [0.1, 0.15) is 31.4 Å². The molecule has 0 saturated heterocycles. The van der Waals surface area contributed by atoms with E-state index in [0.717, 1.165) is 34.2 Å². The molecule has 16 heavy (non-hydrogen) atoms. The molecule has 0 spiro atoms. The maximum absolute atomic E-state index is 6.14. The van der Waals surface area contributed by atoms with Crippen molar-refractivity contribution in [1.29, 1.82) is 0 Å². The van der Waals surface area contributed by atoms with Gasteiger partial charge in [-0.1, -0.05) is 41.1 Å². The number of halogens is 1. The van der Waals surface area contributed by atoms with Crippen LogP contribution in [-0.2, 0) is 0 Å². The summed E-state index contributed by atoms with van der Waals surface area (Å²) in [5, 5.41) is 0. The first-order valence-electron chi connectivity index (χ1n) is 5.34. The fourth-order valence-electron chi connectivity index (χ4n) is 1.56. The number of hydrogen-bond acceptors (Lipinski definition) is 2. The van der Waals surface area contributed by atoms with E-state index in [1.54, 1.807) is 7.11 Å². The number of nitrogens with two attached hydrogens (primary N) is 1. The number of hydrogen-bond donors (Lipinski definition) is 1. The van der Waals surface area contributed by atoms with Gasteiger partial charge >= 0.3 is 0 Å². The second kappa shape index (κ2) is 6.06. The first-order valence-corrected chi connectivity index (χ1v) is 6.13. The molecule has 1 aromatic carbocycles. The second-order valence-corrected chi connectivity index (χ2v) is 4.72. The molecule has 0 aliphatic carbocycles. The number of benzene rings is 1. The molecule has 0 saturated carbocycles. The Morgan fingerprint density at radius 3 is 2.81 bits per heavy atom. The van der Waals surface area contributed by atoms with Crippen LogP contribution in [0.2, 0.25) is 0 Å². The van der Waals surface area contributed by atoms with Gasteiger partial charge in [-0.25, -0.2) is 0 Å². The quantitative estimate of drug-likeness (QED) is 0.834. The third-order valence-corrected chi connectivity index (χ3v) is 3.10. The van der Waals surface area contributed by atoms with Gasteiger partial charge in [-0.05, 0) is 25.0 Å². The summed E-state index contributed by atoms with van der Waals surface area (Å²) >= 11 is 3.41. The van der Waals surface area contributed by atoms with E-state index < -0.39 is 0 Å². The van der Waals surface area contributed by atoms with Gasteiger partial charge < -0.3 is 10.5 Å². The zero-order valence-electron chi connectivity index (χ0n) is 9.79. The average Bonchev–Trinajstić information content (AvgIpc) is 2.28. The number of rotatable bonds is 5. The van der Waals surface area contributed by atoms with E-state index in [0.29, 0.717) is 0 Å². The summed E-state index contributed by atoms with van der Waals surface area (Å²) in [7, 11) is 1.66. The molecular weight excluding hydrogens is 266 g/mol. The number of methoxy groups -OCH3 is 1. The summed E-state index contributed by atoms with van der Waals surface area (Å²) in [6.45, 7) is 6.07. The lowest BCUT2D eigenvalue weighted by Gasteiger charge is -2.16. The van der Waals surface area contributed by atoms with Crippen molar-refractivity contribution in [3.63, 3.8) is 0 Å². The summed E-state index contributed by atoms with van der Waals surface area (Å²) in [5.41, 5.74) is 8.33. The highest BCUT2D eigenvalue weighted by Gasteiger charge is 2.12. The molecule has 0 aliphatic rings. The van der Waals surface area contributed by atoms with Gasteiger partial charge in [-0.3, -0.25) is 0 Å². The minimum Gasteiger partial charge on any atom is -0.496 e. The molecule has 3 heteroatoms. The maximum atomic E-state index is 6.14. The normalized spacial score (nSPS) is 12.2. The van der Waals surface area contributed by atoms with E-state index in [1.807, 2.05) is 18.2 Å². The molecule has 0 amide bonds. The predicted molar refractivity (Wildman–Crippen MR) is 71.7 cm³/mol. The van der Waals surface area contributed by atoms with Crippen molar-refractivity contribution in [3.05, 3.63) is 40.4 Å². The molecule has 2 nitrogen and oxygen atoms in total. The Morgan fingerprint density at radius 2 is 2.25 bits per heavy atom. The van der Waals surface area contributed by atoms with Crippen molar-refractivity contribution >= 4 is 15.9 Å². The van der Waals surface area contributed by atoms with Crippen LogP contribution >= 0.6 is 15.9 Å². The summed E-state index contributed by atoms with van der Waals surface area (Å²) in [6.07, 6.45) is 1.76. The molecule has 0 radical (unpaired) electrons. The van der Waals surface area contributed by atoms with Gasteiger partial charge in [-0.15, -0.1) is 0 Å². The highest BCUT2D eigenvalue weighted by molar-refractivity contribution is 9.10. The Balaban J connectivity index is 2.90. The Hall–Kier alpha value is -0.800. The topological polar surface area (TPSA) is 35.2 Å². The monoisotopic (exact) mass is 283 g/mol. The van der Waals surface area contributed by atoms with E-state index in [4.69, 9.17) is 10.5 Å². The van der Waals surface area contributed by atoms with Crippen LogP contribution in [0, 0.1) is 0 Å². The Bertz CT molecular complexity index is 376. The van der Waals surface area contributed by atoms with Gasteiger partial charge in [0.05, 0.1) is 7.11 Å². The van der Waals surface area contributed by atoms with Crippen molar-refractivity contribution < 1.29 is 4.74 Å². The minimum absolute atomic E-state index is 0.0458. The highest BCUT2D eigenvalue weighted by atomic mass is 79.9. The van der Waals surface area contributed by atoms with Crippen molar-refractivity contribution in [2.45, 2.75) is 25.8 Å². The molecule has 2 N–H and O–H groups in total. The number of ether oxygens (including phenoxy) is 1. The third kappa shape index (κ3) is 3.35. The van der Waals surface area contributed by atoms with Crippen molar-refractivity contribution in [3.8, 4) is 5.75 Å². The van der Waals surface area contributed by atoms with Gasteiger partial charge in [0.2, 0.25) is 0 Å². The molecule has 0 aromatic heterocycles. The summed E-state index contributed by atoms with van der Waals surface area (Å²) in [4.78, 5) is 0. The summed E-state index contributed by atoms with van der Waals surface area (Å²) < 4.78 is 6.32. The largest absolute Gasteiger partial charge is 0.496 e. The van der Waals surface area contributed by atoms with E-state index in [9.17, 15) is 0 Å². The van der Waals surface area contributed by atoms with Crippen molar-refractivity contribution in [2.24, 2.45) is 5.73 Å². The fourth-order valence-corrected chi connectivity index (χ4v) is 1.90. The lowest BCUT2D eigenvalue weighted by molar-refractivity contribution is 0.405. The molecule has 1 unspecified atom stereocenters. The molecule has 0 aliphatic heterocycles. The smallest absolute Gasteiger partial charge is 0.124 e. The molecule has 0 heterocycles. The van der Waals surface area contributed by atoms with Crippen LogP contribution in [-0.4, -0.2) is 7.11 Å². The molecule has 1 aromatic rings. The summed E-state index contributed by atoms with van der Waals surface area (Å²) in [6, 6.07) is 5.86. The zero-order chi connectivity index (χ0) is 12.1. The first kappa shape index (κ1) is 13.3. The van der Waals surface area contributed by atoms with Crippen molar-refractivity contribution in [1.82, 2.24) is 0 Å². The Kier molecular flexibility index (Phi) is 5.03. The van der Waals surface area contributed by atoms with Gasteiger partial charge in [0.25, 0.3) is 0 Å². The molecule has 0 bridgehead atoms. The van der Waals surface area contributed by atoms with Gasteiger partial charge in [0, 0.05) is 16.1 Å². The zero-order valence-corrected chi connectivity index (χ0v) is 11.4. The Morgan fingerprint density at radius 1 is 1.56 bits per heavy atom. The molecule has 0 fully saturated rings. The summed E-state index contributed by atoms with van der Waals surface area (Å²) in [5.74, 6) is 0.825. The lowest BCUT2D eigenvalue weighted by Crippen LogP contribution is -2.12. The second-order valence-electron chi connectivity index (χ2n) is 3.80. The van der Waals surface area contributed by atoms with Gasteiger partial charge in [0.1, 0.15) is 5.75 Å². The van der Waals surface area contributed by atoms with Crippen LogP contribution in [0.3, 0.4) is 0 Å². The van der Waals surface area contributed by atoms with Crippen LogP contribution in [0.5, 0.6) is 5.75 Å². The molecule has 88 valence electrons. The Labute approximate surface area is 106 Å². The predicted octanol–water partition coefficient (Wildman–Crippen LogP) is 3.81. The van der Waals surface area contributed by atoms with E-state index in [-0.39, 0.29) is 6.04 Å². The lowest BCUT2D eigenvalue weighted by atomic mass is 9.98. The van der Waals surface area contributed by atoms with E-state index in [2.05, 4.69) is 29.4 Å². The maximum Gasteiger partial charge on any atom is 0.124 e. The van der Waals surface area contributed by atoms with Crippen LogP contribution in [0.4, 0.5) is 0 Å². The first-order chi connectivity index (χ1) is 7.58. The van der Waals surface area contributed by atoms with Crippen LogP contribution in [0.15, 0.2) is 34.8 Å². The van der Waals surface area contributed by atoms with Crippen LogP contribution < -0.4 is 10.5 Å². The highest BCUT2D eigenvalue weighted by Crippen LogP contribution is 2.30. The van der Waals surface area contributed by atoms with Gasteiger partial charge in [-0.2, -0.15) is 0 Å². The van der Waals surface area contributed by atoms with Crippen molar-refractivity contribution in [2.75, 3.05) is 7.11 Å². The minimum atomic E-state index is -0.0458. The standard InChI is InChI=1S/C13H18BrNO/c1-4-9(2)7-12(15)11-6-5-10(14)8-13(11)16-3/h5-6,8,12H,2,4,7,15H2,1,3H3. The fraction of sp³-hybridized carbons (Fsp3) is 0.385. The SMILES string of the molecule is C=C(CC)CC(N)c1ccc(Br)cc1OC.